The normalized spacial score (nSPS) is 10.8. The quantitative estimate of drug-likeness (QED) is 0.427. The third-order valence-electron chi connectivity index (χ3n) is 3.85. The number of rotatable bonds is 5. The molecule has 0 amide bonds. The Hall–Kier alpha value is -3.40. The molecule has 0 spiro atoms. The fourth-order valence-electron chi connectivity index (χ4n) is 2.56. The highest BCUT2D eigenvalue weighted by Gasteiger charge is 2.06. The van der Waals surface area contributed by atoms with Crippen LogP contribution in [0, 0.1) is 0 Å². The number of fused-ring (bicyclic) bond motifs is 1. The third kappa shape index (κ3) is 3.75. The van der Waals surface area contributed by atoms with Gasteiger partial charge >= 0.3 is 5.97 Å². The molecule has 1 N–H and O–H groups in total. The van der Waals surface area contributed by atoms with Crippen molar-refractivity contribution < 1.29 is 14.3 Å². The van der Waals surface area contributed by atoms with Crippen LogP contribution in [0.15, 0.2) is 79.0 Å². The number of hydrogen-bond donors (Lipinski definition) is 1. The summed E-state index contributed by atoms with van der Waals surface area (Å²) in [5.41, 5.74) is 1.91. The Morgan fingerprint density at radius 2 is 1.64 bits per heavy atom. The van der Waals surface area contributed by atoms with Crippen molar-refractivity contribution >= 4 is 28.2 Å². The first-order chi connectivity index (χ1) is 12.2. The number of benzene rings is 3. The minimum Gasteiger partial charge on any atom is -0.465 e. The lowest BCUT2D eigenvalue weighted by molar-refractivity contribution is 0.0600. The monoisotopic (exact) mass is 331 g/mol. The van der Waals surface area contributed by atoms with E-state index in [0.29, 0.717) is 11.1 Å². The molecule has 124 valence electrons. The van der Waals surface area contributed by atoms with Gasteiger partial charge in [-0.1, -0.05) is 42.5 Å². The first-order valence-electron chi connectivity index (χ1n) is 7.82. The standard InChI is InChI=1S/C21H17NO3/c1-25-21(24)16-9-11-17(12-10-16)22-14-13-20(23)19-8-4-6-15-5-2-3-7-18(15)19/h2-14,22H,1H3/b14-13+. The number of allylic oxidation sites excluding steroid dienone is 1. The first kappa shape index (κ1) is 16.5. The Morgan fingerprint density at radius 1 is 0.920 bits per heavy atom. The molecule has 0 fully saturated rings. The van der Waals surface area contributed by atoms with E-state index in [9.17, 15) is 9.59 Å². The van der Waals surface area contributed by atoms with Crippen LogP contribution in [0.1, 0.15) is 20.7 Å². The molecule has 3 aromatic carbocycles. The molecule has 0 radical (unpaired) electrons. The minimum absolute atomic E-state index is 0.0736. The molecule has 25 heavy (non-hydrogen) atoms. The summed E-state index contributed by atoms with van der Waals surface area (Å²) >= 11 is 0. The highest BCUT2D eigenvalue weighted by atomic mass is 16.5. The van der Waals surface area contributed by atoms with Gasteiger partial charge in [0.2, 0.25) is 0 Å². The van der Waals surface area contributed by atoms with E-state index in [4.69, 9.17) is 0 Å². The molecule has 4 nitrogen and oxygen atoms in total. The fraction of sp³-hybridized carbons (Fsp3) is 0.0476. The molecular formula is C21H17NO3. The zero-order chi connectivity index (χ0) is 17.6. The zero-order valence-corrected chi connectivity index (χ0v) is 13.7. The number of ether oxygens (including phenoxy) is 1. The summed E-state index contributed by atoms with van der Waals surface area (Å²) in [7, 11) is 1.34. The van der Waals surface area contributed by atoms with Crippen molar-refractivity contribution in [1.29, 1.82) is 0 Å². The maximum Gasteiger partial charge on any atom is 0.337 e. The van der Waals surface area contributed by atoms with Gasteiger partial charge in [-0.2, -0.15) is 0 Å². The summed E-state index contributed by atoms with van der Waals surface area (Å²) in [6.45, 7) is 0. The van der Waals surface area contributed by atoms with Gasteiger partial charge in [-0.05, 0) is 35.0 Å². The fourth-order valence-corrected chi connectivity index (χ4v) is 2.56. The van der Waals surface area contributed by atoms with E-state index in [-0.39, 0.29) is 11.8 Å². The number of ketones is 1. The van der Waals surface area contributed by atoms with Crippen LogP contribution >= 0.6 is 0 Å². The predicted molar refractivity (Wildman–Crippen MR) is 98.8 cm³/mol. The van der Waals surface area contributed by atoms with Crippen LogP contribution in [0.4, 0.5) is 5.69 Å². The van der Waals surface area contributed by atoms with E-state index in [2.05, 4.69) is 10.1 Å². The van der Waals surface area contributed by atoms with Gasteiger partial charge in [0.05, 0.1) is 12.7 Å². The van der Waals surface area contributed by atoms with E-state index in [1.54, 1.807) is 30.5 Å². The Kier molecular flexibility index (Phi) is 4.90. The van der Waals surface area contributed by atoms with Crippen LogP contribution in [-0.4, -0.2) is 18.9 Å². The molecule has 0 aliphatic heterocycles. The van der Waals surface area contributed by atoms with Crippen molar-refractivity contribution in [2.24, 2.45) is 0 Å². The van der Waals surface area contributed by atoms with Gasteiger partial charge in [-0.25, -0.2) is 4.79 Å². The zero-order valence-electron chi connectivity index (χ0n) is 13.7. The molecule has 0 saturated carbocycles. The molecule has 0 bridgehead atoms. The summed E-state index contributed by atoms with van der Waals surface area (Å²) < 4.78 is 4.65. The number of anilines is 1. The molecule has 0 aromatic heterocycles. The summed E-state index contributed by atoms with van der Waals surface area (Å²) in [4.78, 5) is 23.8. The van der Waals surface area contributed by atoms with E-state index >= 15 is 0 Å². The molecule has 0 aliphatic carbocycles. The second-order valence-corrected chi connectivity index (χ2v) is 5.44. The summed E-state index contributed by atoms with van der Waals surface area (Å²) in [6.07, 6.45) is 3.09. The molecule has 0 unspecified atom stereocenters. The van der Waals surface area contributed by atoms with Crippen molar-refractivity contribution in [1.82, 2.24) is 0 Å². The topological polar surface area (TPSA) is 55.4 Å². The van der Waals surface area contributed by atoms with Crippen molar-refractivity contribution in [2.45, 2.75) is 0 Å². The van der Waals surface area contributed by atoms with Gasteiger partial charge in [0, 0.05) is 23.5 Å². The summed E-state index contributed by atoms with van der Waals surface area (Å²) in [5.74, 6) is -0.455. The van der Waals surface area contributed by atoms with Gasteiger partial charge in [0.25, 0.3) is 0 Å². The maximum absolute atomic E-state index is 12.4. The molecule has 0 atom stereocenters. The Labute approximate surface area is 145 Å². The first-order valence-corrected chi connectivity index (χ1v) is 7.82. The molecule has 0 aliphatic rings. The number of carbonyl (C=O) groups is 2. The Balaban J connectivity index is 1.71. The van der Waals surface area contributed by atoms with Crippen molar-refractivity contribution in [3.8, 4) is 0 Å². The number of hydrogen-bond acceptors (Lipinski definition) is 4. The van der Waals surface area contributed by atoms with Crippen molar-refractivity contribution in [2.75, 3.05) is 12.4 Å². The molecule has 4 heteroatoms. The summed E-state index contributed by atoms with van der Waals surface area (Å²) in [6, 6.07) is 20.3. The van der Waals surface area contributed by atoms with Gasteiger partial charge in [-0.15, -0.1) is 0 Å². The van der Waals surface area contributed by atoms with Crippen LogP contribution in [-0.2, 0) is 4.74 Å². The molecule has 0 saturated heterocycles. The number of carbonyl (C=O) groups excluding carboxylic acids is 2. The summed E-state index contributed by atoms with van der Waals surface area (Å²) in [5, 5.41) is 4.99. The largest absolute Gasteiger partial charge is 0.465 e. The average molecular weight is 331 g/mol. The molecular weight excluding hydrogens is 314 g/mol. The van der Waals surface area contributed by atoms with E-state index in [0.717, 1.165) is 16.5 Å². The highest BCUT2D eigenvalue weighted by Crippen LogP contribution is 2.19. The lowest BCUT2D eigenvalue weighted by atomic mass is 10.0. The second kappa shape index (κ2) is 7.45. The molecule has 0 heterocycles. The van der Waals surface area contributed by atoms with E-state index < -0.39 is 0 Å². The van der Waals surface area contributed by atoms with E-state index in [1.807, 2.05) is 42.5 Å². The van der Waals surface area contributed by atoms with Gasteiger partial charge < -0.3 is 10.1 Å². The number of nitrogens with one attached hydrogen (secondary N) is 1. The highest BCUT2D eigenvalue weighted by molar-refractivity contribution is 6.13. The minimum atomic E-state index is -0.381. The average Bonchev–Trinajstić information content (AvgIpc) is 2.67. The molecule has 3 aromatic rings. The van der Waals surface area contributed by atoms with Crippen LogP contribution in [0.2, 0.25) is 0 Å². The maximum atomic E-state index is 12.4. The molecule has 3 rings (SSSR count). The van der Waals surface area contributed by atoms with Crippen molar-refractivity contribution in [3.05, 3.63) is 90.1 Å². The van der Waals surface area contributed by atoms with Gasteiger partial charge in [-0.3, -0.25) is 4.79 Å². The van der Waals surface area contributed by atoms with Gasteiger partial charge in [0.15, 0.2) is 5.78 Å². The number of esters is 1. The Morgan fingerprint density at radius 3 is 2.40 bits per heavy atom. The van der Waals surface area contributed by atoms with E-state index in [1.165, 1.54) is 13.2 Å². The van der Waals surface area contributed by atoms with Crippen molar-refractivity contribution in [3.63, 3.8) is 0 Å². The van der Waals surface area contributed by atoms with Crippen LogP contribution in [0.25, 0.3) is 10.8 Å². The smallest absolute Gasteiger partial charge is 0.337 e. The van der Waals surface area contributed by atoms with Gasteiger partial charge in [0.1, 0.15) is 0 Å². The van der Waals surface area contributed by atoms with Crippen LogP contribution in [0.3, 0.4) is 0 Å². The van der Waals surface area contributed by atoms with Crippen LogP contribution in [0.5, 0.6) is 0 Å². The van der Waals surface area contributed by atoms with Crippen LogP contribution < -0.4 is 5.32 Å². The second-order valence-electron chi connectivity index (χ2n) is 5.44. The SMILES string of the molecule is COC(=O)c1ccc(N/C=C/C(=O)c2cccc3ccccc23)cc1. The Bertz CT molecular complexity index is 938. The third-order valence-corrected chi connectivity index (χ3v) is 3.85. The number of methoxy groups -OCH3 is 1. The lowest BCUT2D eigenvalue weighted by Crippen LogP contribution is -2.01. The predicted octanol–water partition coefficient (Wildman–Crippen LogP) is 4.43. The lowest BCUT2D eigenvalue weighted by Gasteiger charge is -2.04.